The van der Waals surface area contributed by atoms with Crippen molar-refractivity contribution in [2.45, 2.75) is 52.7 Å². The van der Waals surface area contributed by atoms with E-state index in [2.05, 4.69) is 0 Å². The minimum Gasteiger partial charge on any atom is -0.480 e. The van der Waals surface area contributed by atoms with E-state index in [1.165, 1.54) is 0 Å². The van der Waals surface area contributed by atoms with Gasteiger partial charge in [0.05, 0.1) is 16.9 Å². The number of aryl methyl sites for hydroxylation is 2. The molecule has 3 rings (SSSR count). The highest BCUT2D eigenvalue weighted by Gasteiger charge is 2.31. The summed E-state index contributed by atoms with van der Waals surface area (Å²) in [6.45, 7) is 7.07. The Morgan fingerprint density at radius 2 is 1.79 bits per heavy atom. The maximum Gasteiger partial charge on any atom is 0.339 e. The van der Waals surface area contributed by atoms with Crippen LogP contribution in [0, 0.1) is 20.8 Å². The second-order valence-electron chi connectivity index (χ2n) is 7.87. The molecule has 0 radical (unpaired) electrons. The van der Waals surface area contributed by atoms with Crippen molar-refractivity contribution in [1.82, 2.24) is 4.90 Å². The summed E-state index contributed by atoms with van der Waals surface area (Å²) >= 11 is 0. The lowest BCUT2D eigenvalue weighted by molar-refractivity contribution is -0.138. The van der Waals surface area contributed by atoms with Gasteiger partial charge in [0, 0.05) is 18.7 Å². The third kappa shape index (κ3) is 4.32. The molecule has 0 saturated carbocycles. The largest absolute Gasteiger partial charge is 0.480 e. The van der Waals surface area contributed by atoms with E-state index < -0.39 is 15.9 Å². The van der Waals surface area contributed by atoms with Gasteiger partial charge in [-0.2, -0.15) is 0 Å². The van der Waals surface area contributed by atoms with E-state index in [4.69, 9.17) is 9.15 Å². The maximum absolute atomic E-state index is 12.9. The highest BCUT2D eigenvalue weighted by atomic mass is 32.2. The highest BCUT2D eigenvalue weighted by molar-refractivity contribution is 7.91. The molecule has 1 aliphatic rings. The molecule has 1 atom stereocenters. The van der Waals surface area contributed by atoms with Crippen LogP contribution in [0.15, 0.2) is 21.3 Å². The first-order valence-corrected chi connectivity index (χ1v) is 11.5. The number of ether oxygens (including phenoxy) is 1. The Balaban J connectivity index is 1.86. The number of carbonyl (C=O) groups is 1. The van der Waals surface area contributed by atoms with Crippen LogP contribution in [-0.2, 0) is 14.6 Å². The molecule has 2 aromatic rings. The summed E-state index contributed by atoms with van der Waals surface area (Å²) in [5.74, 6) is 0.482. The van der Waals surface area contributed by atoms with Gasteiger partial charge < -0.3 is 14.1 Å². The standard InChI is InChI=1S/C21H27NO6S/c1-12-10-17(19-13(2)14(3)21(24)28-18(19)11-12)27-15(4)20(23)22(5)16-6-8-29(25,26)9-7-16/h10-11,15-16H,6-9H2,1-5H3. The van der Waals surface area contributed by atoms with E-state index in [0.717, 1.165) is 11.1 Å². The quantitative estimate of drug-likeness (QED) is 0.704. The number of amides is 1. The highest BCUT2D eigenvalue weighted by Crippen LogP contribution is 2.32. The Labute approximate surface area is 170 Å². The second kappa shape index (κ2) is 7.82. The zero-order chi connectivity index (χ0) is 21.5. The molecule has 1 aliphatic heterocycles. The molecular weight excluding hydrogens is 394 g/mol. The van der Waals surface area contributed by atoms with Crippen LogP contribution in [0.4, 0.5) is 0 Å². The first-order chi connectivity index (χ1) is 13.5. The minimum absolute atomic E-state index is 0.102. The number of likely N-dealkylation sites (N-methyl/N-ethyl adjacent to an activating group) is 1. The van der Waals surface area contributed by atoms with Crippen LogP contribution in [0.25, 0.3) is 11.0 Å². The third-order valence-electron chi connectivity index (χ3n) is 5.73. The fourth-order valence-corrected chi connectivity index (χ4v) is 5.22. The lowest BCUT2D eigenvalue weighted by Crippen LogP contribution is -2.47. The normalized spacial score (nSPS) is 17.8. The van der Waals surface area contributed by atoms with Crippen molar-refractivity contribution in [3.05, 3.63) is 39.2 Å². The molecule has 0 spiro atoms. The zero-order valence-corrected chi connectivity index (χ0v) is 18.3. The van der Waals surface area contributed by atoms with Crippen molar-refractivity contribution in [2.24, 2.45) is 0 Å². The predicted octanol–water partition coefficient (Wildman–Crippen LogP) is 2.52. The molecule has 0 N–H and O–H groups in total. The van der Waals surface area contributed by atoms with E-state index in [9.17, 15) is 18.0 Å². The van der Waals surface area contributed by atoms with Crippen molar-refractivity contribution in [1.29, 1.82) is 0 Å². The fourth-order valence-electron chi connectivity index (χ4n) is 3.75. The molecule has 8 heteroatoms. The van der Waals surface area contributed by atoms with Crippen molar-refractivity contribution in [3.8, 4) is 5.75 Å². The van der Waals surface area contributed by atoms with E-state index >= 15 is 0 Å². The summed E-state index contributed by atoms with van der Waals surface area (Å²) in [4.78, 5) is 26.5. The van der Waals surface area contributed by atoms with E-state index in [-0.39, 0.29) is 29.1 Å². The maximum atomic E-state index is 12.9. The van der Waals surface area contributed by atoms with Gasteiger partial charge in [0.2, 0.25) is 0 Å². The van der Waals surface area contributed by atoms with Gasteiger partial charge in [-0.15, -0.1) is 0 Å². The van der Waals surface area contributed by atoms with Gasteiger partial charge >= 0.3 is 5.63 Å². The number of hydrogen-bond donors (Lipinski definition) is 0. The summed E-state index contributed by atoms with van der Waals surface area (Å²) in [6.07, 6.45) is 0.109. The average Bonchev–Trinajstić information content (AvgIpc) is 2.64. The number of benzene rings is 1. The number of carbonyl (C=O) groups excluding carboxylic acids is 1. The van der Waals surface area contributed by atoms with Crippen molar-refractivity contribution >= 4 is 26.7 Å². The van der Waals surface area contributed by atoms with Crippen LogP contribution in [0.5, 0.6) is 5.75 Å². The van der Waals surface area contributed by atoms with Crippen LogP contribution < -0.4 is 10.4 Å². The summed E-state index contributed by atoms with van der Waals surface area (Å²) in [5, 5.41) is 0.679. The van der Waals surface area contributed by atoms with Crippen molar-refractivity contribution in [3.63, 3.8) is 0 Å². The Morgan fingerprint density at radius 1 is 1.17 bits per heavy atom. The molecule has 0 aliphatic carbocycles. The van der Waals surface area contributed by atoms with Crippen molar-refractivity contribution < 1.29 is 22.4 Å². The molecular formula is C21H27NO6S. The Bertz CT molecular complexity index is 1100. The monoisotopic (exact) mass is 421 g/mol. The first kappa shape index (κ1) is 21.4. The Kier molecular flexibility index (Phi) is 5.76. The molecule has 1 saturated heterocycles. The lowest BCUT2D eigenvalue weighted by Gasteiger charge is -2.32. The SMILES string of the molecule is Cc1cc(OC(C)C(=O)N(C)C2CCS(=O)(=O)CC2)c2c(C)c(C)c(=O)oc2c1. The summed E-state index contributed by atoms with van der Waals surface area (Å²) in [7, 11) is -1.30. The molecule has 0 bridgehead atoms. The lowest BCUT2D eigenvalue weighted by atomic mass is 10.0. The molecule has 1 amide bonds. The van der Waals surface area contributed by atoms with Crippen LogP contribution >= 0.6 is 0 Å². The molecule has 29 heavy (non-hydrogen) atoms. The zero-order valence-electron chi connectivity index (χ0n) is 17.4. The summed E-state index contributed by atoms with van der Waals surface area (Å²) in [5.41, 5.74) is 2.16. The fraction of sp³-hybridized carbons (Fsp3) is 0.524. The van der Waals surface area contributed by atoms with Crippen molar-refractivity contribution in [2.75, 3.05) is 18.6 Å². The number of nitrogens with zero attached hydrogens (tertiary/aromatic N) is 1. The average molecular weight is 422 g/mol. The first-order valence-electron chi connectivity index (χ1n) is 9.68. The second-order valence-corrected chi connectivity index (χ2v) is 10.2. The third-order valence-corrected chi connectivity index (χ3v) is 7.44. The molecule has 2 heterocycles. The smallest absolute Gasteiger partial charge is 0.339 e. The number of hydrogen-bond acceptors (Lipinski definition) is 6. The topological polar surface area (TPSA) is 93.9 Å². The predicted molar refractivity (Wildman–Crippen MR) is 111 cm³/mol. The number of rotatable bonds is 4. The molecule has 1 aromatic heterocycles. The minimum atomic E-state index is -2.99. The molecule has 7 nitrogen and oxygen atoms in total. The van der Waals surface area contributed by atoms with Gasteiger partial charge in [0.25, 0.3) is 5.91 Å². The summed E-state index contributed by atoms with van der Waals surface area (Å²) in [6, 6.07) is 3.48. The van der Waals surface area contributed by atoms with Gasteiger partial charge in [-0.25, -0.2) is 13.2 Å². The van der Waals surface area contributed by atoms with Gasteiger partial charge in [-0.05, 0) is 63.8 Å². The van der Waals surface area contributed by atoms with E-state index in [1.807, 2.05) is 19.9 Å². The van der Waals surface area contributed by atoms with Crippen LogP contribution in [0.1, 0.15) is 36.5 Å². The van der Waals surface area contributed by atoms with E-state index in [1.54, 1.807) is 31.9 Å². The van der Waals surface area contributed by atoms with Gasteiger partial charge in [0.15, 0.2) is 6.10 Å². The van der Waals surface area contributed by atoms with Crippen LogP contribution in [-0.4, -0.2) is 49.9 Å². The summed E-state index contributed by atoms with van der Waals surface area (Å²) < 4.78 is 34.7. The van der Waals surface area contributed by atoms with E-state index in [0.29, 0.717) is 35.1 Å². The number of sulfone groups is 1. The van der Waals surface area contributed by atoms with Crippen LogP contribution in [0.2, 0.25) is 0 Å². The van der Waals surface area contributed by atoms with Gasteiger partial charge in [-0.3, -0.25) is 4.79 Å². The molecule has 1 aromatic carbocycles. The molecule has 1 fully saturated rings. The van der Waals surface area contributed by atoms with Crippen LogP contribution in [0.3, 0.4) is 0 Å². The van der Waals surface area contributed by atoms with Gasteiger partial charge in [-0.1, -0.05) is 0 Å². The molecule has 1 unspecified atom stereocenters. The number of fused-ring (bicyclic) bond motifs is 1. The Hall–Kier alpha value is -2.35. The van der Waals surface area contributed by atoms with Gasteiger partial charge in [0.1, 0.15) is 21.2 Å². The Morgan fingerprint density at radius 3 is 2.41 bits per heavy atom. The molecule has 158 valence electrons.